The summed E-state index contributed by atoms with van der Waals surface area (Å²) in [6.07, 6.45) is 1.64. The number of thiophene rings is 2. The average molecular weight is 264 g/mol. The van der Waals surface area contributed by atoms with Crippen LogP contribution in [0.15, 0.2) is 27.3 Å². The molecule has 88 valence electrons. The van der Waals surface area contributed by atoms with Gasteiger partial charge in [-0.2, -0.15) is 16.4 Å². The van der Waals surface area contributed by atoms with Crippen molar-refractivity contribution in [3.05, 3.63) is 43.8 Å². The lowest BCUT2D eigenvalue weighted by Gasteiger charge is -1.98. The molecule has 2 aromatic heterocycles. The molecule has 3 nitrogen and oxygen atoms in total. The van der Waals surface area contributed by atoms with Crippen molar-refractivity contribution in [2.45, 2.75) is 13.8 Å². The summed E-state index contributed by atoms with van der Waals surface area (Å²) in [6, 6.07) is 1.94. The van der Waals surface area contributed by atoms with Crippen molar-refractivity contribution in [3.8, 4) is 0 Å². The van der Waals surface area contributed by atoms with Gasteiger partial charge in [0.2, 0.25) is 0 Å². The summed E-state index contributed by atoms with van der Waals surface area (Å²) in [5, 5.41) is 9.72. The molecule has 2 aromatic rings. The summed E-state index contributed by atoms with van der Waals surface area (Å²) in [5.41, 5.74) is 5.26. The van der Waals surface area contributed by atoms with E-state index in [-0.39, 0.29) is 5.91 Å². The van der Waals surface area contributed by atoms with Gasteiger partial charge in [0.25, 0.3) is 5.91 Å². The van der Waals surface area contributed by atoms with Crippen molar-refractivity contribution in [3.63, 3.8) is 0 Å². The minimum Gasteiger partial charge on any atom is -0.267 e. The SMILES string of the molecule is Cc1scc(C(=O)N/N=C\c2ccsc2)c1C. The van der Waals surface area contributed by atoms with Gasteiger partial charge in [0.15, 0.2) is 0 Å². The molecule has 0 atom stereocenters. The van der Waals surface area contributed by atoms with Gasteiger partial charge in [-0.25, -0.2) is 5.43 Å². The fourth-order valence-electron chi connectivity index (χ4n) is 1.31. The molecule has 1 N–H and O–H groups in total. The van der Waals surface area contributed by atoms with E-state index in [0.29, 0.717) is 5.56 Å². The van der Waals surface area contributed by atoms with Gasteiger partial charge in [-0.3, -0.25) is 4.79 Å². The van der Waals surface area contributed by atoms with Gasteiger partial charge in [-0.05, 0) is 36.2 Å². The largest absolute Gasteiger partial charge is 0.272 e. The molecule has 0 radical (unpaired) electrons. The smallest absolute Gasteiger partial charge is 0.267 e. The monoisotopic (exact) mass is 264 g/mol. The number of aryl methyl sites for hydroxylation is 1. The normalized spacial score (nSPS) is 10.9. The first kappa shape index (κ1) is 12.0. The molecule has 0 saturated heterocycles. The number of hydrogen-bond donors (Lipinski definition) is 1. The first-order chi connectivity index (χ1) is 8.18. The number of rotatable bonds is 3. The Morgan fingerprint density at radius 2 is 2.24 bits per heavy atom. The minimum absolute atomic E-state index is 0.154. The number of amides is 1. The van der Waals surface area contributed by atoms with Gasteiger partial charge < -0.3 is 0 Å². The van der Waals surface area contributed by atoms with E-state index in [1.807, 2.05) is 36.1 Å². The van der Waals surface area contributed by atoms with Gasteiger partial charge in [0, 0.05) is 15.8 Å². The third-order valence-corrected chi connectivity index (χ3v) is 4.17. The zero-order valence-electron chi connectivity index (χ0n) is 9.56. The summed E-state index contributed by atoms with van der Waals surface area (Å²) in [7, 11) is 0. The Hall–Kier alpha value is -1.46. The van der Waals surface area contributed by atoms with Crippen LogP contribution in [0.4, 0.5) is 0 Å². The molecular formula is C12H12N2OS2. The highest BCUT2D eigenvalue weighted by Crippen LogP contribution is 2.20. The molecule has 0 unspecified atom stereocenters. The molecule has 17 heavy (non-hydrogen) atoms. The van der Waals surface area contributed by atoms with Gasteiger partial charge in [0.05, 0.1) is 11.8 Å². The van der Waals surface area contributed by atoms with Crippen LogP contribution >= 0.6 is 22.7 Å². The lowest BCUT2D eigenvalue weighted by atomic mass is 10.2. The van der Waals surface area contributed by atoms with Crippen LogP contribution in [-0.4, -0.2) is 12.1 Å². The molecular weight excluding hydrogens is 252 g/mol. The summed E-state index contributed by atoms with van der Waals surface area (Å²) in [5.74, 6) is -0.154. The molecule has 0 spiro atoms. The second kappa shape index (κ2) is 5.25. The van der Waals surface area contributed by atoms with Crippen LogP contribution < -0.4 is 5.43 Å². The molecule has 2 heterocycles. The van der Waals surface area contributed by atoms with Crippen molar-refractivity contribution in [2.75, 3.05) is 0 Å². The van der Waals surface area contributed by atoms with Crippen LogP contribution in [0.2, 0.25) is 0 Å². The van der Waals surface area contributed by atoms with E-state index in [9.17, 15) is 4.79 Å². The zero-order chi connectivity index (χ0) is 12.3. The van der Waals surface area contributed by atoms with E-state index >= 15 is 0 Å². The highest BCUT2D eigenvalue weighted by Gasteiger charge is 2.11. The van der Waals surface area contributed by atoms with Crippen molar-refractivity contribution >= 4 is 34.8 Å². The molecule has 5 heteroatoms. The number of carbonyl (C=O) groups is 1. The van der Waals surface area contributed by atoms with Crippen LogP contribution in [0, 0.1) is 13.8 Å². The predicted octanol–water partition coefficient (Wildman–Crippen LogP) is 3.19. The molecule has 0 aromatic carbocycles. The fraction of sp³-hybridized carbons (Fsp3) is 0.167. The van der Waals surface area contributed by atoms with E-state index in [1.54, 1.807) is 28.9 Å². The predicted molar refractivity (Wildman–Crippen MR) is 73.2 cm³/mol. The van der Waals surface area contributed by atoms with Crippen LogP contribution in [0.1, 0.15) is 26.4 Å². The lowest BCUT2D eigenvalue weighted by molar-refractivity contribution is 0.0955. The number of hydrazone groups is 1. The third kappa shape index (κ3) is 2.81. The van der Waals surface area contributed by atoms with Gasteiger partial charge >= 0.3 is 0 Å². The maximum absolute atomic E-state index is 11.8. The van der Waals surface area contributed by atoms with E-state index in [4.69, 9.17) is 0 Å². The Balaban J connectivity index is 2.01. The second-order valence-electron chi connectivity index (χ2n) is 3.59. The molecule has 0 aliphatic heterocycles. The highest BCUT2D eigenvalue weighted by atomic mass is 32.1. The van der Waals surface area contributed by atoms with Gasteiger partial charge in [0.1, 0.15) is 0 Å². The first-order valence-electron chi connectivity index (χ1n) is 5.09. The quantitative estimate of drug-likeness (QED) is 0.671. The molecule has 2 rings (SSSR count). The van der Waals surface area contributed by atoms with E-state index in [1.165, 1.54) is 0 Å². The maximum Gasteiger partial charge on any atom is 0.272 e. The summed E-state index contributed by atoms with van der Waals surface area (Å²) in [4.78, 5) is 13.0. The molecule has 0 aliphatic rings. The van der Waals surface area contributed by atoms with Crippen molar-refractivity contribution in [1.82, 2.24) is 5.43 Å². The summed E-state index contributed by atoms with van der Waals surface area (Å²) < 4.78 is 0. The van der Waals surface area contributed by atoms with Crippen LogP contribution in [0.25, 0.3) is 0 Å². The molecule has 1 amide bonds. The lowest BCUT2D eigenvalue weighted by Crippen LogP contribution is -2.17. The van der Waals surface area contributed by atoms with Crippen LogP contribution in [0.5, 0.6) is 0 Å². The van der Waals surface area contributed by atoms with Crippen LogP contribution in [0.3, 0.4) is 0 Å². The minimum atomic E-state index is -0.154. The van der Waals surface area contributed by atoms with Crippen molar-refractivity contribution in [1.29, 1.82) is 0 Å². The topological polar surface area (TPSA) is 41.5 Å². The summed E-state index contributed by atoms with van der Waals surface area (Å²) >= 11 is 3.18. The first-order valence-corrected chi connectivity index (χ1v) is 6.91. The second-order valence-corrected chi connectivity index (χ2v) is 5.45. The Morgan fingerprint density at radius 1 is 1.41 bits per heavy atom. The van der Waals surface area contributed by atoms with E-state index < -0.39 is 0 Å². The average Bonchev–Trinajstić information content (AvgIpc) is 2.91. The number of nitrogens with zero attached hydrogens (tertiary/aromatic N) is 1. The molecule has 0 bridgehead atoms. The van der Waals surface area contributed by atoms with Crippen LogP contribution in [-0.2, 0) is 0 Å². The Labute approximate surface area is 108 Å². The zero-order valence-corrected chi connectivity index (χ0v) is 11.2. The number of hydrogen-bond acceptors (Lipinski definition) is 4. The van der Waals surface area contributed by atoms with Crippen molar-refractivity contribution in [2.24, 2.45) is 5.10 Å². The number of carbonyl (C=O) groups excluding carboxylic acids is 1. The third-order valence-electron chi connectivity index (χ3n) is 2.45. The maximum atomic E-state index is 11.8. The highest BCUT2D eigenvalue weighted by molar-refractivity contribution is 7.10. The van der Waals surface area contributed by atoms with E-state index in [2.05, 4.69) is 10.5 Å². The standard InChI is InChI=1S/C12H12N2OS2/c1-8-9(2)17-7-11(8)12(15)14-13-5-10-3-4-16-6-10/h3-7H,1-2H3,(H,14,15)/b13-5-. The number of nitrogens with one attached hydrogen (secondary N) is 1. The summed E-state index contributed by atoms with van der Waals surface area (Å²) in [6.45, 7) is 3.95. The molecule has 0 aliphatic carbocycles. The van der Waals surface area contributed by atoms with Gasteiger partial charge in [-0.15, -0.1) is 11.3 Å². The van der Waals surface area contributed by atoms with Crippen molar-refractivity contribution < 1.29 is 4.79 Å². The Morgan fingerprint density at radius 3 is 2.82 bits per heavy atom. The fourth-order valence-corrected chi connectivity index (χ4v) is 2.79. The molecule has 0 fully saturated rings. The Kier molecular flexibility index (Phi) is 3.71. The van der Waals surface area contributed by atoms with E-state index in [0.717, 1.165) is 16.0 Å². The molecule has 0 saturated carbocycles. The Bertz CT molecular complexity index is 541. The van der Waals surface area contributed by atoms with Gasteiger partial charge in [-0.1, -0.05) is 0 Å².